The number of nitrogens with one attached hydrogen (secondary N) is 2. The Hall–Kier alpha value is -3.49. The summed E-state index contributed by atoms with van der Waals surface area (Å²) in [6.07, 6.45) is 4.71. The zero-order valence-electron chi connectivity index (χ0n) is 22.6. The molecule has 3 aromatic rings. The van der Waals surface area contributed by atoms with Gasteiger partial charge in [0.15, 0.2) is 0 Å². The maximum Gasteiger partial charge on any atom is 0.248 e. The molecule has 8 nitrogen and oxygen atoms in total. The van der Waals surface area contributed by atoms with Crippen LogP contribution in [0.1, 0.15) is 60.6 Å². The number of aryl methyl sites for hydroxylation is 3. The number of carbonyl (C=O) groups excluding carboxylic acids is 2. The van der Waals surface area contributed by atoms with Gasteiger partial charge in [-0.25, -0.2) is 9.97 Å². The Labute approximate surface area is 233 Å². The Morgan fingerprint density at radius 1 is 1.21 bits per heavy atom. The average Bonchev–Trinajstić information content (AvgIpc) is 3.17. The highest BCUT2D eigenvalue weighted by atomic mass is 35.5. The smallest absolute Gasteiger partial charge is 0.248 e. The number of nitrogens with zero attached hydrogens (tertiary/aromatic N) is 3. The van der Waals surface area contributed by atoms with E-state index in [2.05, 4.69) is 40.7 Å². The number of aliphatic hydroxyl groups is 1. The largest absolute Gasteiger partial charge is 0.387 e. The number of anilines is 3. The summed E-state index contributed by atoms with van der Waals surface area (Å²) in [4.78, 5) is 35.1. The van der Waals surface area contributed by atoms with Gasteiger partial charge in [0, 0.05) is 24.5 Å². The van der Waals surface area contributed by atoms with Crippen LogP contribution in [-0.4, -0.2) is 51.5 Å². The van der Waals surface area contributed by atoms with E-state index in [1.807, 2.05) is 32.0 Å². The lowest BCUT2D eigenvalue weighted by atomic mass is 9.82. The minimum atomic E-state index is -0.578. The minimum Gasteiger partial charge on any atom is -0.387 e. The maximum absolute atomic E-state index is 12.5. The Balaban J connectivity index is 1.27. The van der Waals surface area contributed by atoms with Crippen molar-refractivity contribution in [1.82, 2.24) is 14.9 Å². The lowest BCUT2D eigenvalue weighted by Crippen LogP contribution is -2.39. The third kappa shape index (κ3) is 5.49. The van der Waals surface area contributed by atoms with Crippen LogP contribution in [0.25, 0.3) is 0 Å². The first kappa shape index (κ1) is 27.1. The number of amides is 2. The van der Waals surface area contributed by atoms with Gasteiger partial charge in [-0.3, -0.25) is 9.59 Å². The van der Waals surface area contributed by atoms with Gasteiger partial charge in [-0.15, -0.1) is 0 Å². The molecule has 3 heterocycles. The highest BCUT2D eigenvalue weighted by Crippen LogP contribution is 2.40. The van der Waals surface area contributed by atoms with Crippen LogP contribution >= 0.6 is 11.6 Å². The van der Waals surface area contributed by atoms with Gasteiger partial charge in [0.2, 0.25) is 17.8 Å². The van der Waals surface area contributed by atoms with E-state index in [9.17, 15) is 9.59 Å². The molecule has 204 valence electrons. The Morgan fingerprint density at radius 3 is 2.69 bits per heavy atom. The number of likely N-dealkylation sites (tertiary alicyclic amines) is 1. The van der Waals surface area contributed by atoms with Crippen molar-refractivity contribution in [2.75, 3.05) is 30.3 Å². The molecular weight excluding hydrogens is 514 g/mol. The molecule has 2 aliphatic heterocycles. The zero-order valence-corrected chi connectivity index (χ0v) is 23.3. The van der Waals surface area contributed by atoms with Crippen LogP contribution in [0.3, 0.4) is 0 Å². The quantitative estimate of drug-likeness (QED) is 0.388. The number of aliphatic hydroxyl groups excluding tert-OH is 1. The topological polar surface area (TPSA) is 107 Å². The van der Waals surface area contributed by atoms with Crippen LogP contribution in [0.4, 0.5) is 17.3 Å². The number of aromatic nitrogens is 2. The molecule has 39 heavy (non-hydrogen) atoms. The molecule has 1 aromatic heterocycles. The number of benzene rings is 2. The summed E-state index contributed by atoms with van der Waals surface area (Å²) >= 11 is 6.48. The van der Waals surface area contributed by atoms with Crippen molar-refractivity contribution in [3.8, 4) is 0 Å². The lowest BCUT2D eigenvalue weighted by Gasteiger charge is -2.32. The fourth-order valence-electron chi connectivity index (χ4n) is 5.70. The zero-order chi connectivity index (χ0) is 27.7. The molecule has 1 saturated heterocycles. The summed E-state index contributed by atoms with van der Waals surface area (Å²) in [5, 5.41) is 15.9. The Bertz CT molecular complexity index is 1420. The highest BCUT2D eigenvalue weighted by Gasteiger charge is 2.39. The van der Waals surface area contributed by atoms with Gasteiger partial charge in [0.05, 0.1) is 22.3 Å². The number of hydrogen-bond acceptors (Lipinski definition) is 6. The van der Waals surface area contributed by atoms with Crippen molar-refractivity contribution in [1.29, 1.82) is 0 Å². The van der Waals surface area contributed by atoms with Crippen LogP contribution in [0.5, 0.6) is 0 Å². The molecule has 0 saturated carbocycles. The lowest BCUT2D eigenvalue weighted by molar-refractivity contribution is -0.135. The number of piperidine rings is 1. The molecule has 0 unspecified atom stereocenters. The molecule has 2 amide bonds. The standard InChI is InChI=1S/C30H34ClN5O3/c1-18-15-21(19-11-13-36(14-12-19)26(38)17-37)8-9-23(18)34-29-32-16-22(31)24(35-29)10-7-20-5-4-6-25-27(20)30(2,3)28(39)33-25/h4-6,8-9,15-16,19,37H,7,10-14,17H2,1-3H3,(H,33,39)(H,32,34,35). The van der Waals surface area contributed by atoms with Gasteiger partial charge >= 0.3 is 0 Å². The molecule has 0 atom stereocenters. The molecular formula is C30H34ClN5O3. The fraction of sp³-hybridized carbons (Fsp3) is 0.400. The molecule has 0 radical (unpaired) electrons. The summed E-state index contributed by atoms with van der Waals surface area (Å²) < 4.78 is 0. The third-order valence-electron chi connectivity index (χ3n) is 7.99. The summed E-state index contributed by atoms with van der Waals surface area (Å²) in [6, 6.07) is 12.3. The molecule has 2 aliphatic rings. The van der Waals surface area contributed by atoms with Crippen LogP contribution in [0, 0.1) is 6.92 Å². The van der Waals surface area contributed by atoms with E-state index < -0.39 is 12.0 Å². The van der Waals surface area contributed by atoms with E-state index in [1.165, 1.54) is 5.56 Å². The summed E-state index contributed by atoms with van der Waals surface area (Å²) in [5.74, 6) is 0.681. The van der Waals surface area contributed by atoms with Crippen LogP contribution in [-0.2, 0) is 27.8 Å². The van der Waals surface area contributed by atoms with Gasteiger partial charge < -0.3 is 20.6 Å². The summed E-state index contributed by atoms with van der Waals surface area (Å²) in [7, 11) is 0. The molecule has 0 spiro atoms. The molecule has 5 rings (SSSR count). The number of carbonyl (C=O) groups is 2. The van der Waals surface area contributed by atoms with Gasteiger partial charge in [-0.05, 0) is 86.8 Å². The Kier molecular flexibility index (Phi) is 7.60. The van der Waals surface area contributed by atoms with Gasteiger partial charge in [0.1, 0.15) is 6.61 Å². The molecule has 0 aliphatic carbocycles. The van der Waals surface area contributed by atoms with E-state index in [0.29, 0.717) is 42.8 Å². The van der Waals surface area contributed by atoms with Crippen LogP contribution in [0.15, 0.2) is 42.6 Å². The SMILES string of the molecule is Cc1cc(C2CCN(C(=O)CO)CC2)ccc1Nc1ncc(Cl)c(CCc2cccc3c2C(C)(C)C(=O)N3)n1. The van der Waals surface area contributed by atoms with Crippen molar-refractivity contribution >= 4 is 40.7 Å². The third-order valence-corrected chi connectivity index (χ3v) is 8.31. The summed E-state index contributed by atoms with van der Waals surface area (Å²) in [5.41, 5.74) is 6.46. The second-order valence-electron chi connectivity index (χ2n) is 10.9. The number of fused-ring (bicyclic) bond motifs is 1. The van der Waals surface area contributed by atoms with E-state index in [0.717, 1.165) is 46.6 Å². The highest BCUT2D eigenvalue weighted by molar-refractivity contribution is 6.31. The first-order valence-corrected chi connectivity index (χ1v) is 13.8. The van der Waals surface area contributed by atoms with Crippen molar-refractivity contribution < 1.29 is 14.7 Å². The number of halogens is 1. The first-order chi connectivity index (χ1) is 18.7. The van der Waals surface area contributed by atoms with E-state index in [1.54, 1.807) is 11.1 Å². The van der Waals surface area contributed by atoms with Crippen molar-refractivity contribution in [2.24, 2.45) is 0 Å². The van der Waals surface area contributed by atoms with E-state index in [-0.39, 0.29) is 11.8 Å². The fourth-order valence-corrected chi connectivity index (χ4v) is 5.88. The second-order valence-corrected chi connectivity index (χ2v) is 11.3. The van der Waals surface area contributed by atoms with Gasteiger partial charge in [-0.1, -0.05) is 35.9 Å². The molecule has 3 N–H and O–H groups in total. The predicted octanol–water partition coefficient (Wildman–Crippen LogP) is 4.90. The van der Waals surface area contributed by atoms with Gasteiger partial charge in [-0.2, -0.15) is 0 Å². The molecule has 2 aromatic carbocycles. The predicted molar refractivity (Wildman–Crippen MR) is 153 cm³/mol. The van der Waals surface area contributed by atoms with Crippen molar-refractivity contribution in [3.05, 3.63) is 75.6 Å². The van der Waals surface area contributed by atoms with Crippen molar-refractivity contribution in [3.63, 3.8) is 0 Å². The van der Waals surface area contributed by atoms with Crippen LogP contribution < -0.4 is 10.6 Å². The van der Waals surface area contributed by atoms with Crippen LogP contribution in [0.2, 0.25) is 5.02 Å². The molecule has 9 heteroatoms. The Morgan fingerprint density at radius 2 is 1.97 bits per heavy atom. The molecule has 0 bridgehead atoms. The average molecular weight is 548 g/mol. The summed E-state index contributed by atoms with van der Waals surface area (Å²) in [6.45, 7) is 6.86. The minimum absolute atomic E-state index is 0.0140. The number of rotatable bonds is 7. The van der Waals surface area contributed by atoms with Gasteiger partial charge in [0.25, 0.3) is 0 Å². The van der Waals surface area contributed by atoms with E-state index in [4.69, 9.17) is 21.7 Å². The second kappa shape index (κ2) is 10.9. The molecule has 1 fully saturated rings. The monoisotopic (exact) mass is 547 g/mol. The van der Waals surface area contributed by atoms with Crippen molar-refractivity contribution in [2.45, 2.75) is 57.8 Å². The van der Waals surface area contributed by atoms with E-state index >= 15 is 0 Å². The number of hydrogen-bond donors (Lipinski definition) is 3. The normalized spacial score (nSPS) is 16.6. The first-order valence-electron chi connectivity index (χ1n) is 13.4. The maximum atomic E-state index is 12.5.